The summed E-state index contributed by atoms with van der Waals surface area (Å²) in [5.41, 5.74) is 4.03. The van der Waals surface area contributed by atoms with Crippen LogP contribution in [0.4, 0.5) is 4.39 Å². The first-order chi connectivity index (χ1) is 9.91. The largest absolute Gasteiger partial charge is 0.207 e. The minimum Gasteiger partial charge on any atom is -0.207 e. The molecule has 0 saturated heterocycles. The van der Waals surface area contributed by atoms with Crippen LogP contribution in [0.1, 0.15) is 67.2 Å². The van der Waals surface area contributed by atoms with Crippen molar-refractivity contribution >= 4 is 11.6 Å². The average molecular weight is 305 g/mol. The third kappa shape index (κ3) is 3.47. The minimum atomic E-state index is -0.454. The monoisotopic (exact) mass is 304 g/mol. The van der Waals surface area contributed by atoms with Crippen LogP contribution in [0, 0.1) is 5.82 Å². The maximum atomic E-state index is 14.0. The third-order valence-electron chi connectivity index (χ3n) is 3.85. The van der Waals surface area contributed by atoms with Crippen molar-refractivity contribution in [1.82, 2.24) is 0 Å². The van der Waals surface area contributed by atoms with Gasteiger partial charge in [0, 0.05) is 5.56 Å². The Kier molecular flexibility index (Phi) is 5.05. The molecule has 0 radical (unpaired) electrons. The van der Waals surface area contributed by atoms with Crippen LogP contribution in [-0.2, 0) is 0 Å². The first kappa shape index (κ1) is 16.0. The summed E-state index contributed by atoms with van der Waals surface area (Å²) < 4.78 is 14.0. The van der Waals surface area contributed by atoms with E-state index in [0.29, 0.717) is 17.4 Å². The summed E-state index contributed by atoms with van der Waals surface area (Å²) in [7, 11) is 0. The molecule has 0 spiro atoms. The SMILES string of the molecule is CC(C)c1ccc(C(Cl)c2ccccc2F)c(C(C)C)c1. The van der Waals surface area contributed by atoms with Gasteiger partial charge in [-0.05, 0) is 34.6 Å². The lowest BCUT2D eigenvalue weighted by molar-refractivity contribution is 0.611. The van der Waals surface area contributed by atoms with Gasteiger partial charge in [-0.3, -0.25) is 0 Å². The van der Waals surface area contributed by atoms with Gasteiger partial charge in [-0.25, -0.2) is 4.39 Å². The molecule has 2 heteroatoms. The molecule has 0 aliphatic heterocycles. The van der Waals surface area contributed by atoms with E-state index in [0.717, 1.165) is 5.56 Å². The second kappa shape index (κ2) is 6.62. The molecule has 0 fully saturated rings. The number of benzene rings is 2. The van der Waals surface area contributed by atoms with Crippen molar-refractivity contribution in [2.24, 2.45) is 0 Å². The summed E-state index contributed by atoms with van der Waals surface area (Å²) in [6.45, 7) is 8.64. The van der Waals surface area contributed by atoms with E-state index in [-0.39, 0.29) is 5.82 Å². The molecule has 0 saturated carbocycles. The van der Waals surface area contributed by atoms with Gasteiger partial charge in [0.1, 0.15) is 5.82 Å². The predicted octanol–water partition coefficient (Wildman–Crippen LogP) is 6.40. The highest BCUT2D eigenvalue weighted by atomic mass is 35.5. The molecule has 0 aromatic heterocycles. The first-order valence-electron chi connectivity index (χ1n) is 7.44. The van der Waals surface area contributed by atoms with Gasteiger partial charge in [-0.1, -0.05) is 64.1 Å². The molecular weight excluding hydrogens is 283 g/mol. The fourth-order valence-electron chi connectivity index (χ4n) is 2.53. The highest BCUT2D eigenvalue weighted by Crippen LogP contribution is 2.36. The highest BCUT2D eigenvalue weighted by Gasteiger charge is 2.20. The van der Waals surface area contributed by atoms with Crippen molar-refractivity contribution in [1.29, 1.82) is 0 Å². The number of halogens is 2. The van der Waals surface area contributed by atoms with E-state index in [4.69, 9.17) is 11.6 Å². The Bertz CT molecular complexity index is 617. The highest BCUT2D eigenvalue weighted by molar-refractivity contribution is 6.22. The van der Waals surface area contributed by atoms with E-state index < -0.39 is 5.38 Å². The second-order valence-electron chi connectivity index (χ2n) is 6.08. The van der Waals surface area contributed by atoms with Gasteiger partial charge in [0.25, 0.3) is 0 Å². The van der Waals surface area contributed by atoms with Crippen molar-refractivity contribution in [2.45, 2.75) is 44.9 Å². The zero-order valence-electron chi connectivity index (χ0n) is 13.0. The van der Waals surface area contributed by atoms with Gasteiger partial charge >= 0.3 is 0 Å². The topological polar surface area (TPSA) is 0 Å². The number of hydrogen-bond donors (Lipinski definition) is 0. The van der Waals surface area contributed by atoms with Gasteiger partial charge in [-0.15, -0.1) is 11.6 Å². The molecule has 2 rings (SSSR count). The summed E-state index contributed by atoms with van der Waals surface area (Å²) in [5, 5.41) is -0.454. The van der Waals surface area contributed by atoms with Crippen molar-refractivity contribution < 1.29 is 4.39 Å². The standard InChI is InChI=1S/C19H22ClF/c1-12(2)14-9-10-15(17(11-14)13(3)4)19(20)16-7-5-6-8-18(16)21/h5-13,19H,1-4H3. The van der Waals surface area contributed by atoms with Crippen LogP contribution < -0.4 is 0 Å². The molecule has 0 aliphatic rings. The van der Waals surface area contributed by atoms with E-state index >= 15 is 0 Å². The molecule has 0 nitrogen and oxygen atoms in total. The Balaban J connectivity index is 2.50. The number of rotatable bonds is 4. The molecule has 0 bridgehead atoms. The van der Waals surface area contributed by atoms with Gasteiger partial charge in [0.05, 0.1) is 5.38 Å². The van der Waals surface area contributed by atoms with E-state index in [1.165, 1.54) is 17.2 Å². The average Bonchev–Trinajstić information content (AvgIpc) is 2.46. The zero-order chi connectivity index (χ0) is 15.6. The third-order valence-corrected chi connectivity index (χ3v) is 4.32. The number of alkyl halides is 1. The van der Waals surface area contributed by atoms with Crippen molar-refractivity contribution in [3.05, 3.63) is 70.5 Å². The van der Waals surface area contributed by atoms with E-state index in [1.54, 1.807) is 12.1 Å². The van der Waals surface area contributed by atoms with Crippen LogP contribution in [0.15, 0.2) is 42.5 Å². The van der Waals surface area contributed by atoms with E-state index in [9.17, 15) is 4.39 Å². The second-order valence-corrected chi connectivity index (χ2v) is 6.52. The van der Waals surface area contributed by atoms with Crippen molar-refractivity contribution in [3.8, 4) is 0 Å². The van der Waals surface area contributed by atoms with Crippen LogP contribution in [0.25, 0.3) is 0 Å². The summed E-state index contributed by atoms with van der Waals surface area (Å²) in [6.07, 6.45) is 0. The zero-order valence-corrected chi connectivity index (χ0v) is 13.8. The van der Waals surface area contributed by atoms with Crippen LogP contribution in [0.5, 0.6) is 0 Å². The Hall–Kier alpha value is -1.34. The Morgan fingerprint density at radius 1 is 0.810 bits per heavy atom. The molecule has 2 aromatic carbocycles. The van der Waals surface area contributed by atoms with Crippen LogP contribution >= 0.6 is 11.6 Å². The molecular formula is C19H22ClF. The van der Waals surface area contributed by atoms with Crippen LogP contribution in [-0.4, -0.2) is 0 Å². The van der Waals surface area contributed by atoms with Crippen molar-refractivity contribution in [2.75, 3.05) is 0 Å². The maximum Gasteiger partial charge on any atom is 0.128 e. The summed E-state index contributed by atoms with van der Waals surface area (Å²) in [5.74, 6) is 0.575. The lowest BCUT2D eigenvalue weighted by Crippen LogP contribution is -2.04. The van der Waals surface area contributed by atoms with Crippen LogP contribution in [0.3, 0.4) is 0 Å². The molecule has 0 N–H and O–H groups in total. The molecule has 1 unspecified atom stereocenters. The first-order valence-corrected chi connectivity index (χ1v) is 7.87. The van der Waals surface area contributed by atoms with Gasteiger partial charge in [0.2, 0.25) is 0 Å². The fraction of sp³-hybridized carbons (Fsp3) is 0.368. The summed E-state index contributed by atoms with van der Waals surface area (Å²) in [4.78, 5) is 0. The number of hydrogen-bond acceptors (Lipinski definition) is 0. The summed E-state index contributed by atoms with van der Waals surface area (Å²) in [6, 6.07) is 13.1. The molecule has 0 amide bonds. The molecule has 0 heterocycles. The Labute approximate surface area is 132 Å². The van der Waals surface area contributed by atoms with Crippen molar-refractivity contribution in [3.63, 3.8) is 0 Å². The fourth-order valence-corrected chi connectivity index (χ4v) is 2.91. The lowest BCUT2D eigenvalue weighted by atomic mass is 9.88. The Morgan fingerprint density at radius 3 is 2.05 bits per heavy atom. The lowest BCUT2D eigenvalue weighted by Gasteiger charge is -2.20. The summed E-state index contributed by atoms with van der Waals surface area (Å²) >= 11 is 6.58. The smallest absolute Gasteiger partial charge is 0.128 e. The molecule has 2 aromatic rings. The predicted molar refractivity (Wildman–Crippen MR) is 88.7 cm³/mol. The molecule has 1 atom stereocenters. The minimum absolute atomic E-state index is 0.250. The quantitative estimate of drug-likeness (QED) is 0.573. The van der Waals surface area contributed by atoms with Crippen LogP contribution in [0.2, 0.25) is 0 Å². The molecule has 0 aliphatic carbocycles. The normalized spacial score (nSPS) is 13.0. The van der Waals surface area contributed by atoms with Gasteiger partial charge in [0.15, 0.2) is 0 Å². The molecule has 21 heavy (non-hydrogen) atoms. The Morgan fingerprint density at radius 2 is 1.48 bits per heavy atom. The maximum absolute atomic E-state index is 14.0. The van der Waals surface area contributed by atoms with E-state index in [1.807, 2.05) is 6.07 Å². The molecule has 112 valence electrons. The van der Waals surface area contributed by atoms with Gasteiger partial charge < -0.3 is 0 Å². The van der Waals surface area contributed by atoms with Gasteiger partial charge in [-0.2, -0.15) is 0 Å². The van der Waals surface area contributed by atoms with E-state index in [2.05, 4.69) is 45.9 Å².